The number of anilines is 1. The average molecular weight is 305 g/mol. The zero-order chi connectivity index (χ0) is 16.2. The number of piperidine rings is 1. The fourth-order valence-corrected chi connectivity index (χ4v) is 2.82. The molecule has 1 unspecified atom stereocenters. The molecule has 0 radical (unpaired) electrons. The molecule has 1 atom stereocenters. The molecular formula is C18H27NO3. The van der Waals surface area contributed by atoms with Crippen molar-refractivity contribution in [3.63, 3.8) is 0 Å². The molecule has 0 amide bonds. The first-order chi connectivity index (χ1) is 10.4. The van der Waals surface area contributed by atoms with Gasteiger partial charge in [0, 0.05) is 25.4 Å². The minimum absolute atomic E-state index is 0.196. The number of nitrogens with zero attached hydrogens (tertiary/aromatic N) is 1. The highest BCUT2D eigenvalue weighted by Gasteiger charge is 2.20. The molecule has 1 aromatic carbocycles. The van der Waals surface area contributed by atoms with E-state index >= 15 is 0 Å². The number of carbonyl (C=O) groups is 1. The fourth-order valence-electron chi connectivity index (χ4n) is 2.82. The lowest BCUT2D eigenvalue weighted by atomic mass is 9.98. The van der Waals surface area contributed by atoms with Gasteiger partial charge in [0.25, 0.3) is 0 Å². The topological polar surface area (TPSA) is 49.8 Å². The molecule has 22 heavy (non-hydrogen) atoms. The van der Waals surface area contributed by atoms with Gasteiger partial charge in [0.1, 0.15) is 5.60 Å². The quantitative estimate of drug-likeness (QED) is 0.869. The second kappa shape index (κ2) is 7.14. The SMILES string of the molecule is CC(C)(C)OC(=O)Cc1ccc(N2CCCC(CO)C2)cc1. The molecule has 0 spiro atoms. The molecule has 0 bridgehead atoms. The number of benzene rings is 1. The number of ether oxygens (including phenoxy) is 1. The largest absolute Gasteiger partial charge is 0.460 e. The van der Waals surface area contributed by atoms with Crippen LogP contribution in [0.1, 0.15) is 39.2 Å². The summed E-state index contributed by atoms with van der Waals surface area (Å²) >= 11 is 0. The van der Waals surface area contributed by atoms with Gasteiger partial charge in [-0.25, -0.2) is 0 Å². The second-order valence-electron chi connectivity index (χ2n) is 7.07. The van der Waals surface area contributed by atoms with E-state index in [1.165, 1.54) is 0 Å². The van der Waals surface area contributed by atoms with Crippen LogP contribution in [0.5, 0.6) is 0 Å². The molecule has 4 heteroatoms. The molecule has 0 aromatic heterocycles. The zero-order valence-corrected chi connectivity index (χ0v) is 13.8. The Morgan fingerprint density at radius 2 is 2.00 bits per heavy atom. The Kier molecular flexibility index (Phi) is 5.46. The second-order valence-corrected chi connectivity index (χ2v) is 7.07. The molecule has 1 fully saturated rings. The standard InChI is InChI=1S/C18H27NO3/c1-18(2,3)22-17(21)11-14-6-8-16(9-7-14)19-10-4-5-15(12-19)13-20/h6-9,15,20H,4-5,10-13H2,1-3H3. The Hall–Kier alpha value is -1.55. The van der Waals surface area contributed by atoms with Crippen molar-refractivity contribution in [1.82, 2.24) is 0 Å². The maximum Gasteiger partial charge on any atom is 0.310 e. The van der Waals surface area contributed by atoms with Crippen LogP contribution in [0.25, 0.3) is 0 Å². The molecule has 1 aromatic rings. The van der Waals surface area contributed by atoms with Crippen molar-refractivity contribution in [3.8, 4) is 0 Å². The number of hydrogen-bond acceptors (Lipinski definition) is 4. The third-order valence-electron chi connectivity index (χ3n) is 3.85. The number of esters is 1. The lowest BCUT2D eigenvalue weighted by Gasteiger charge is -2.33. The highest BCUT2D eigenvalue weighted by Crippen LogP contribution is 2.23. The van der Waals surface area contributed by atoms with Crippen LogP contribution in [0.15, 0.2) is 24.3 Å². The number of hydrogen-bond donors (Lipinski definition) is 1. The van der Waals surface area contributed by atoms with Gasteiger partial charge in [0.05, 0.1) is 6.42 Å². The Labute approximate surface area is 133 Å². The van der Waals surface area contributed by atoms with E-state index in [4.69, 9.17) is 4.74 Å². The van der Waals surface area contributed by atoms with Crippen molar-refractivity contribution in [2.75, 3.05) is 24.6 Å². The smallest absolute Gasteiger partial charge is 0.310 e. The van der Waals surface area contributed by atoms with E-state index in [-0.39, 0.29) is 12.6 Å². The number of rotatable bonds is 4. The third-order valence-corrected chi connectivity index (χ3v) is 3.85. The van der Waals surface area contributed by atoms with Crippen LogP contribution in [0.4, 0.5) is 5.69 Å². The highest BCUT2D eigenvalue weighted by molar-refractivity contribution is 5.73. The predicted molar refractivity (Wildman–Crippen MR) is 88.0 cm³/mol. The third kappa shape index (κ3) is 5.02. The molecule has 1 N–H and O–H groups in total. The monoisotopic (exact) mass is 305 g/mol. The number of aliphatic hydroxyl groups is 1. The van der Waals surface area contributed by atoms with Gasteiger partial charge in [-0.2, -0.15) is 0 Å². The first-order valence-corrected chi connectivity index (χ1v) is 8.04. The van der Waals surface area contributed by atoms with Gasteiger partial charge in [-0.05, 0) is 57.2 Å². The Morgan fingerprint density at radius 3 is 2.59 bits per heavy atom. The van der Waals surface area contributed by atoms with Gasteiger partial charge in [-0.15, -0.1) is 0 Å². The summed E-state index contributed by atoms with van der Waals surface area (Å²) in [6.45, 7) is 7.82. The van der Waals surface area contributed by atoms with Crippen molar-refractivity contribution < 1.29 is 14.6 Å². The van der Waals surface area contributed by atoms with Crippen LogP contribution in [-0.4, -0.2) is 36.4 Å². The summed E-state index contributed by atoms with van der Waals surface area (Å²) in [5.41, 5.74) is 1.68. The zero-order valence-electron chi connectivity index (χ0n) is 13.8. The minimum atomic E-state index is -0.440. The van der Waals surface area contributed by atoms with Crippen LogP contribution in [0.2, 0.25) is 0 Å². The first-order valence-electron chi connectivity index (χ1n) is 8.04. The van der Waals surface area contributed by atoms with Crippen molar-refractivity contribution in [2.45, 2.75) is 45.6 Å². The van der Waals surface area contributed by atoms with E-state index in [0.717, 1.165) is 37.2 Å². The average Bonchev–Trinajstić information content (AvgIpc) is 2.46. The van der Waals surface area contributed by atoms with Gasteiger partial charge in [0.2, 0.25) is 0 Å². The lowest BCUT2D eigenvalue weighted by Crippen LogP contribution is -2.36. The highest BCUT2D eigenvalue weighted by atomic mass is 16.6. The van der Waals surface area contributed by atoms with Crippen molar-refractivity contribution in [1.29, 1.82) is 0 Å². The van der Waals surface area contributed by atoms with Crippen molar-refractivity contribution >= 4 is 11.7 Å². The van der Waals surface area contributed by atoms with Gasteiger partial charge in [0.15, 0.2) is 0 Å². The summed E-state index contributed by atoms with van der Waals surface area (Å²) in [6.07, 6.45) is 2.52. The van der Waals surface area contributed by atoms with Gasteiger partial charge in [-0.1, -0.05) is 12.1 Å². The molecule has 2 rings (SSSR count). The van der Waals surface area contributed by atoms with Crippen LogP contribution < -0.4 is 4.90 Å². The Bertz CT molecular complexity index is 490. The molecule has 4 nitrogen and oxygen atoms in total. The van der Waals surface area contributed by atoms with E-state index in [9.17, 15) is 9.90 Å². The maximum absolute atomic E-state index is 11.8. The molecule has 0 aliphatic carbocycles. The molecule has 1 aliphatic rings. The Balaban J connectivity index is 1.94. The molecule has 0 saturated carbocycles. The van der Waals surface area contributed by atoms with Gasteiger partial charge >= 0.3 is 5.97 Å². The summed E-state index contributed by atoms with van der Waals surface area (Å²) in [4.78, 5) is 14.1. The summed E-state index contributed by atoms with van der Waals surface area (Å²) in [5, 5.41) is 9.31. The van der Waals surface area contributed by atoms with Crippen molar-refractivity contribution in [2.24, 2.45) is 5.92 Å². The summed E-state index contributed by atoms with van der Waals surface area (Å²) < 4.78 is 5.34. The molecule has 1 heterocycles. The lowest BCUT2D eigenvalue weighted by molar-refractivity contribution is -0.153. The summed E-state index contributed by atoms with van der Waals surface area (Å²) in [6, 6.07) is 8.09. The molecule has 1 aliphatic heterocycles. The summed E-state index contributed by atoms with van der Waals surface area (Å²) in [7, 11) is 0. The fraction of sp³-hybridized carbons (Fsp3) is 0.611. The van der Waals surface area contributed by atoms with Gasteiger partial charge < -0.3 is 14.7 Å². The first kappa shape index (κ1) is 16.8. The molecular weight excluding hydrogens is 278 g/mol. The van der Waals surface area contributed by atoms with E-state index in [0.29, 0.717) is 12.3 Å². The molecule has 1 saturated heterocycles. The Morgan fingerprint density at radius 1 is 1.32 bits per heavy atom. The van der Waals surface area contributed by atoms with E-state index in [2.05, 4.69) is 17.0 Å². The van der Waals surface area contributed by atoms with Crippen LogP contribution >= 0.6 is 0 Å². The van der Waals surface area contributed by atoms with E-state index in [1.54, 1.807) is 0 Å². The minimum Gasteiger partial charge on any atom is -0.460 e. The van der Waals surface area contributed by atoms with Crippen LogP contribution in [-0.2, 0) is 16.0 Å². The molecule has 122 valence electrons. The van der Waals surface area contributed by atoms with Crippen molar-refractivity contribution in [3.05, 3.63) is 29.8 Å². The number of aliphatic hydroxyl groups excluding tert-OH is 1. The number of carbonyl (C=O) groups excluding carboxylic acids is 1. The normalized spacial score (nSPS) is 19.1. The predicted octanol–water partition coefficient (Wildman–Crippen LogP) is 2.78. The van der Waals surface area contributed by atoms with Crippen LogP contribution in [0, 0.1) is 5.92 Å². The summed E-state index contributed by atoms with van der Waals surface area (Å²) in [5.74, 6) is 0.175. The van der Waals surface area contributed by atoms with Gasteiger partial charge in [-0.3, -0.25) is 4.79 Å². The van der Waals surface area contributed by atoms with E-state index in [1.807, 2.05) is 32.9 Å². The van der Waals surface area contributed by atoms with Crippen LogP contribution in [0.3, 0.4) is 0 Å². The van der Waals surface area contributed by atoms with E-state index < -0.39 is 5.60 Å². The maximum atomic E-state index is 11.8.